The lowest BCUT2D eigenvalue weighted by Crippen LogP contribution is -2.30. The molecule has 1 aromatic heterocycles. The van der Waals surface area contributed by atoms with Gasteiger partial charge < -0.3 is 15.2 Å². The first-order valence-corrected chi connectivity index (χ1v) is 4.55. The molecular formula is C10H12N2O4. The Labute approximate surface area is 92.4 Å². The summed E-state index contributed by atoms with van der Waals surface area (Å²) in [5, 5.41) is 0. The molecular weight excluding hydrogens is 212 g/mol. The highest BCUT2D eigenvalue weighted by atomic mass is 16.5. The largest absolute Gasteiger partial charge is 0.481 e. The predicted octanol–water partition coefficient (Wildman–Crippen LogP) is 0.121. The molecule has 0 radical (unpaired) electrons. The molecule has 1 heterocycles. The van der Waals surface area contributed by atoms with Gasteiger partial charge in [0.25, 0.3) is 5.91 Å². The molecule has 0 saturated heterocycles. The highest BCUT2D eigenvalue weighted by Gasteiger charge is 2.16. The van der Waals surface area contributed by atoms with Crippen molar-refractivity contribution in [3.63, 3.8) is 0 Å². The van der Waals surface area contributed by atoms with Gasteiger partial charge in [-0.05, 0) is 13.0 Å². The number of hydrogen-bond acceptors (Lipinski definition) is 5. The van der Waals surface area contributed by atoms with Crippen molar-refractivity contribution in [2.45, 2.75) is 13.0 Å². The van der Waals surface area contributed by atoms with Crippen LogP contribution in [0.5, 0.6) is 5.88 Å². The average Bonchev–Trinajstić information content (AvgIpc) is 2.28. The van der Waals surface area contributed by atoms with Crippen molar-refractivity contribution in [2.75, 3.05) is 7.11 Å². The zero-order chi connectivity index (χ0) is 12.1. The number of carbonyl (C=O) groups excluding carboxylic acids is 2. The number of methoxy groups -OCH3 is 1. The zero-order valence-corrected chi connectivity index (χ0v) is 8.97. The van der Waals surface area contributed by atoms with Crippen molar-refractivity contribution >= 4 is 11.9 Å². The Hall–Kier alpha value is -2.11. The van der Waals surface area contributed by atoms with E-state index in [-0.39, 0.29) is 5.56 Å². The molecule has 1 aromatic rings. The fourth-order valence-corrected chi connectivity index (χ4v) is 0.908. The quantitative estimate of drug-likeness (QED) is 0.733. The third kappa shape index (κ3) is 2.94. The van der Waals surface area contributed by atoms with Crippen LogP contribution in [-0.2, 0) is 9.53 Å². The molecule has 0 aromatic carbocycles. The van der Waals surface area contributed by atoms with E-state index in [9.17, 15) is 9.59 Å². The number of esters is 1. The Morgan fingerprint density at radius 2 is 2.12 bits per heavy atom. The zero-order valence-electron chi connectivity index (χ0n) is 8.97. The molecule has 0 aliphatic rings. The second kappa shape index (κ2) is 5.11. The van der Waals surface area contributed by atoms with Gasteiger partial charge in [0.1, 0.15) is 0 Å². The molecule has 0 saturated carbocycles. The molecule has 1 amide bonds. The van der Waals surface area contributed by atoms with Gasteiger partial charge in [0.15, 0.2) is 6.10 Å². The highest BCUT2D eigenvalue weighted by Crippen LogP contribution is 2.08. The summed E-state index contributed by atoms with van der Waals surface area (Å²) in [6.45, 7) is 1.40. The molecule has 0 bridgehead atoms. The van der Waals surface area contributed by atoms with E-state index in [1.165, 1.54) is 32.4 Å². The topological polar surface area (TPSA) is 91.5 Å². The fraction of sp³-hybridized carbons (Fsp3) is 0.300. The number of rotatable bonds is 4. The molecule has 16 heavy (non-hydrogen) atoms. The van der Waals surface area contributed by atoms with Gasteiger partial charge in [0.05, 0.1) is 12.7 Å². The van der Waals surface area contributed by atoms with Crippen LogP contribution in [0.1, 0.15) is 17.3 Å². The smallest absolute Gasteiger partial charge is 0.340 e. The van der Waals surface area contributed by atoms with E-state index in [0.29, 0.717) is 5.88 Å². The van der Waals surface area contributed by atoms with E-state index in [2.05, 4.69) is 4.98 Å². The first-order chi connectivity index (χ1) is 7.54. The maximum absolute atomic E-state index is 11.4. The van der Waals surface area contributed by atoms with Crippen molar-refractivity contribution in [2.24, 2.45) is 5.73 Å². The number of ether oxygens (including phenoxy) is 2. The molecule has 0 spiro atoms. The van der Waals surface area contributed by atoms with Gasteiger partial charge in [0, 0.05) is 12.3 Å². The Morgan fingerprint density at radius 3 is 2.56 bits per heavy atom. The van der Waals surface area contributed by atoms with Gasteiger partial charge in [-0.3, -0.25) is 4.79 Å². The predicted molar refractivity (Wildman–Crippen MR) is 54.9 cm³/mol. The van der Waals surface area contributed by atoms with Crippen LogP contribution in [0.15, 0.2) is 18.3 Å². The van der Waals surface area contributed by atoms with Crippen LogP contribution in [0.2, 0.25) is 0 Å². The fourth-order valence-electron chi connectivity index (χ4n) is 0.908. The van der Waals surface area contributed by atoms with Crippen molar-refractivity contribution in [1.29, 1.82) is 0 Å². The van der Waals surface area contributed by atoms with Gasteiger partial charge in [-0.1, -0.05) is 0 Å². The third-order valence-corrected chi connectivity index (χ3v) is 1.87. The number of carbonyl (C=O) groups is 2. The van der Waals surface area contributed by atoms with Crippen molar-refractivity contribution in [3.8, 4) is 5.88 Å². The summed E-state index contributed by atoms with van der Waals surface area (Å²) >= 11 is 0. The number of nitrogens with zero attached hydrogens (tertiary/aromatic N) is 1. The second-order valence-corrected chi connectivity index (χ2v) is 3.04. The number of nitrogens with two attached hydrogens (primary N) is 1. The second-order valence-electron chi connectivity index (χ2n) is 3.04. The maximum Gasteiger partial charge on any atom is 0.340 e. The molecule has 86 valence electrons. The lowest BCUT2D eigenvalue weighted by molar-refractivity contribution is -0.125. The third-order valence-electron chi connectivity index (χ3n) is 1.87. The van der Waals surface area contributed by atoms with Gasteiger partial charge in [-0.15, -0.1) is 0 Å². The van der Waals surface area contributed by atoms with Crippen molar-refractivity contribution < 1.29 is 19.1 Å². The van der Waals surface area contributed by atoms with E-state index in [0.717, 1.165) is 0 Å². The first-order valence-electron chi connectivity index (χ1n) is 4.55. The molecule has 1 rings (SSSR count). The van der Waals surface area contributed by atoms with E-state index < -0.39 is 18.0 Å². The Kier molecular flexibility index (Phi) is 3.82. The van der Waals surface area contributed by atoms with E-state index in [1.54, 1.807) is 0 Å². The summed E-state index contributed by atoms with van der Waals surface area (Å²) in [5.41, 5.74) is 5.19. The summed E-state index contributed by atoms with van der Waals surface area (Å²) < 4.78 is 9.61. The molecule has 6 heteroatoms. The highest BCUT2D eigenvalue weighted by molar-refractivity contribution is 5.91. The number of amides is 1. The van der Waals surface area contributed by atoms with Crippen LogP contribution in [-0.4, -0.2) is 30.1 Å². The van der Waals surface area contributed by atoms with Crippen LogP contribution in [0.25, 0.3) is 0 Å². The first kappa shape index (κ1) is 12.0. The van der Waals surface area contributed by atoms with Crippen molar-refractivity contribution in [3.05, 3.63) is 23.9 Å². The van der Waals surface area contributed by atoms with E-state index in [4.69, 9.17) is 15.2 Å². The molecule has 6 nitrogen and oxygen atoms in total. The van der Waals surface area contributed by atoms with Crippen molar-refractivity contribution in [1.82, 2.24) is 4.98 Å². The summed E-state index contributed by atoms with van der Waals surface area (Å²) in [6, 6.07) is 3.01. The van der Waals surface area contributed by atoms with Gasteiger partial charge in [-0.25, -0.2) is 9.78 Å². The molecule has 2 N–H and O–H groups in total. The molecule has 1 atom stereocenters. The Bertz CT molecular complexity index is 388. The van der Waals surface area contributed by atoms with Crippen LogP contribution in [0, 0.1) is 0 Å². The molecule has 0 aliphatic carbocycles. The van der Waals surface area contributed by atoms with Gasteiger partial charge in [0.2, 0.25) is 5.88 Å². The Morgan fingerprint density at radius 1 is 1.44 bits per heavy atom. The van der Waals surface area contributed by atoms with Crippen LogP contribution in [0.3, 0.4) is 0 Å². The van der Waals surface area contributed by atoms with Crippen LogP contribution < -0.4 is 10.5 Å². The Balaban J connectivity index is 2.69. The number of hydrogen-bond donors (Lipinski definition) is 1. The summed E-state index contributed by atoms with van der Waals surface area (Å²) in [4.78, 5) is 26.0. The number of aromatic nitrogens is 1. The minimum Gasteiger partial charge on any atom is -0.481 e. The lowest BCUT2D eigenvalue weighted by atomic mass is 10.3. The summed E-state index contributed by atoms with van der Waals surface area (Å²) in [7, 11) is 1.47. The normalized spacial score (nSPS) is 11.6. The minimum absolute atomic E-state index is 0.230. The van der Waals surface area contributed by atoms with Gasteiger partial charge in [-0.2, -0.15) is 0 Å². The number of pyridine rings is 1. The maximum atomic E-state index is 11.4. The summed E-state index contributed by atoms with van der Waals surface area (Å²) in [6.07, 6.45) is 0.337. The standard InChI is InChI=1S/C10H12N2O4/c1-6(9(11)13)16-10(14)7-3-4-8(15-2)12-5-7/h3-6H,1-2H3,(H2,11,13). The minimum atomic E-state index is -0.963. The monoisotopic (exact) mass is 224 g/mol. The average molecular weight is 224 g/mol. The van der Waals surface area contributed by atoms with E-state index >= 15 is 0 Å². The van der Waals surface area contributed by atoms with Crippen LogP contribution in [0.4, 0.5) is 0 Å². The number of primary amides is 1. The van der Waals surface area contributed by atoms with Crippen LogP contribution >= 0.6 is 0 Å². The molecule has 0 fully saturated rings. The molecule has 0 aliphatic heterocycles. The SMILES string of the molecule is COc1ccc(C(=O)OC(C)C(N)=O)cn1. The van der Waals surface area contributed by atoms with Gasteiger partial charge >= 0.3 is 5.97 Å². The lowest BCUT2D eigenvalue weighted by Gasteiger charge is -2.09. The molecule has 1 unspecified atom stereocenters. The van der Waals surface area contributed by atoms with E-state index in [1.807, 2.05) is 0 Å². The summed E-state index contributed by atoms with van der Waals surface area (Å²) in [5.74, 6) is -0.962.